The molecule has 2 unspecified atom stereocenters. The highest BCUT2D eigenvalue weighted by Gasteiger charge is 2.21. The quantitative estimate of drug-likeness (QED) is 0.727. The third-order valence-electron chi connectivity index (χ3n) is 3.73. The predicted molar refractivity (Wildman–Crippen MR) is 67.1 cm³/mol. The van der Waals surface area contributed by atoms with Gasteiger partial charge in [-0.3, -0.25) is 0 Å². The van der Waals surface area contributed by atoms with E-state index in [1.807, 2.05) is 0 Å². The molecule has 90 valence electrons. The first-order chi connectivity index (χ1) is 7.17. The maximum atomic E-state index is 3.73. The van der Waals surface area contributed by atoms with Crippen molar-refractivity contribution in [1.82, 2.24) is 10.2 Å². The molecule has 2 heteroatoms. The molecule has 15 heavy (non-hydrogen) atoms. The summed E-state index contributed by atoms with van der Waals surface area (Å²) in [5.74, 6) is 1.65. The number of rotatable bonds is 6. The van der Waals surface area contributed by atoms with Gasteiger partial charge in [0, 0.05) is 12.6 Å². The highest BCUT2D eigenvalue weighted by atomic mass is 15.1. The fourth-order valence-electron chi connectivity index (χ4n) is 2.54. The highest BCUT2D eigenvalue weighted by Crippen LogP contribution is 2.15. The van der Waals surface area contributed by atoms with Crippen LogP contribution in [-0.4, -0.2) is 37.1 Å². The van der Waals surface area contributed by atoms with Crippen molar-refractivity contribution in [2.24, 2.45) is 11.8 Å². The zero-order valence-electron chi connectivity index (χ0n) is 10.9. The van der Waals surface area contributed by atoms with Crippen LogP contribution in [0.3, 0.4) is 0 Å². The van der Waals surface area contributed by atoms with Crippen LogP contribution in [0.4, 0.5) is 0 Å². The van der Waals surface area contributed by atoms with Gasteiger partial charge in [0.1, 0.15) is 0 Å². The van der Waals surface area contributed by atoms with Crippen molar-refractivity contribution in [3.8, 4) is 0 Å². The Bertz CT molecular complexity index is 168. The third-order valence-corrected chi connectivity index (χ3v) is 3.73. The Balaban J connectivity index is 2.19. The fraction of sp³-hybridized carbons (Fsp3) is 1.00. The molecule has 1 heterocycles. The fourth-order valence-corrected chi connectivity index (χ4v) is 2.54. The van der Waals surface area contributed by atoms with Crippen LogP contribution in [0, 0.1) is 11.8 Å². The Labute approximate surface area is 95.4 Å². The van der Waals surface area contributed by atoms with Crippen molar-refractivity contribution in [2.75, 3.05) is 26.2 Å². The zero-order valence-corrected chi connectivity index (χ0v) is 10.9. The first-order valence-electron chi connectivity index (χ1n) is 6.63. The van der Waals surface area contributed by atoms with E-state index in [4.69, 9.17) is 0 Å². The first kappa shape index (κ1) is 13.0. The summed E-state index contributed by atoms with van der Waals surface area (Å²) >= 11 is 0. The monoisotopic (exact) mass is 212 g/mol. The molecular formula is C13H28N2. The molecule has 1 fully saturated rings. The van der Waals surface area contributed by atoms with Crippen molar-refractivity contribution in [3.63, 3.8) is 0 Å². The van der Waals surface area contributed by atoms with Crippen molar-refractivity contribution in [1.29, 1.82) is 0 Å². The summed E-state index contributed by atoms with van der Waals surface area (Å²) in [6, 6.07) is 0.709. The second kappa shape index (κ2) is 6.49. The second-order valence-electron chi connectivity index (χ2n) is 5.21. The van der Waals surface area contributed by atoms with Crippen LogP contribution < -0.4 is 5.32 Å². The first-order valence-corrected chi connectivity index (χ1v) is 6.63. The predicted octanol–water partition coefficient (Wildman–Crippen LogP) is 2.35. The number of nitrogens with zero attached hydrogens (tertiary/aromatic N) is 1. The molecule has 0 radical (unpaired) electrons. The van der Waals surface area contributed by atoms with E-state index in [0.29, 0.717) is 6.04 Å². The van der Waals surface area contributed by atoms with Crippen molar-refractivity contribution in [2.45, 2.75) is 46.6 Å². The SMILES string of the molecule is CCC(NCC1CCN(CC)C1)C(C)C. The summed E-state index contributed by atoms with van der Waals surface area (Å²) in [5, 5.41) is 3.73. The minimum Gasteiger partial charge on any atom is -0.313 e. The molecule has 0 spiro atoms. The number of hydrogen-bond acceptors (Lipinski definition) is 2. The summed E-state index contributed by atoms with van der Waals surface area (Å²) in [7, 11) is 0. The van der Waals surface area contributed by atoms with Crippen LogP contribution in [0.2, 0.25) is 0 Å². The van der Waals surface area contributed by atoms with Gasteiger partial charge in [-0.05, 0) is 44.3 Å². The maximum absolute atomic E-state index is 3.73. The summed E-state index contributed by atoms with van der Waals surface area (Å²) in [5.41, 5.74) is 0. The van der Waals surface area contributed by atoms with Crippen LogP contribution in [0.5, 0.6) is 0 Å². The average Bonchev–Trinajstić information content (AvgIpc) is 2.66. The molecule has 0 aliphatic carbocycles. The second-order valence-corrected chi connectivity index (χ2v) is 5.21. The Morgan fingerprint density at radius 1 is 1.33 bits per heavy atom. The molecule has 2 nitrogen and oxygen atoms in total. The molecule has 1 saturated heterocycles. The Morgan fingerprint density at radius 2 is 2.07 bits per heavy atom. The molecule has 0 aromatic rings. The molecule has 0 saturated carbocycles. The molecular weight excluding hydrogens is 184 g/mol. The Kier molecular flexibility index (Phi) is 5.62. The molecule has 0 amide bonds. The standard InChI is InChI=1S/C13H28N2/c1-5-13(11(3)4)14-9-12-7-8-15(6-2)10-12/h11-14H,5-10H2,1-4H3. The van der Waals surface area contributed by atoms with E-state index in [1.165, 1.54) is 39.0 Å². The molecule has 0 aromatic heterocycles. The van der Waals surface area contributed by atoms with Crippen LogP contribution in [0.1, 0.15) is 40.5 Å². The van der Waals surface area contributed by atoms with E-state index in [9.17, 15) is 0 Å². The lowest BCUT2D eigenvalue weighted by atomic mass is 10.0. The van der Waals surface area contributed by atoms with Gasteiger partial charge in [0.05, 0.1) is 0 Å². The van der Waals surface area contributed by atoms with Crippen LogP contribution in [-0.2, 0) is 0 Å². The van der Waals surface area contributed by atoms with Gasteiger partial charge < -0.3 is 10.2 Å². The minimum atomic E-state index is 0.709. The summed E-state index contributed by atoms with van der Waals surface area (Å²) < 4.78 is 0. The normalized spacial score (nSPS) is 25.0. The molecule has 0 bridgehead atoms. The Hall–Kier alpha value is -0.0800. The minimum absolute atomic E-state index is 0.709. The van der Waals surface area contributed by atoms with Gasteiger partial charge >= 0.3 is 0 Å². The van der Waals surface area contributed by atoms with Gasteiger partial charge in [0.15, 0.2) is 0 Å². The van der Waals surface area contributed by atoms with Gasteiger partial charge in [0.25, 0.3) is 0 Å². The number of likely N-dealkylation sites (tertiary alicyclic amines) is 1. The lowest BCUT2D eigenvalue weighted by Crippen LogP contribution is -2.37. The molecule has 2 atom stereocenters. The maximum Gasteiger partial charge on any atom is 0.00875 e. The van der Waals surface area contributed by atoms with Crippen molar-refractivity contribution >= 4 is 0 Å². The van der Waals surface area contributed by atoms with E-state index in [1.54, 1.807) is 0 Å². The topological polar surface area (TPSA) is 15.3 Å². The zero-order chi connectivity index (χ0) is 11.3. The molecule has 1 aliphatic rings. The lowest BCUT2D eigenvalue weighted by molar-refractivity contribution is 0.321. The highest BCUT2D eigenvalue weighted by molar-refractivity contribution is 4.78. The van der Waals surface area contributed by atoms with Crippen LogP contribution in [0.25, 0.3) is 0 Å². The van der Waals surface area contributed by atoms with Gasteiger partial charge in [-0.15, -0.1) is 0 Å². The summed E-state index contributed by atoms with van der Waals surface area (Å²) in [4.78, 5) is 2.56. The molecule has 1 aliphatic heterocycles. The molecule has 1 rings (SSSR count). The van der Waals surface area contributed by atoms with Gasteiger partial charge in [0.2, 0.25) is 0 Å². The van der Waals surface area contributed by atoms with Gasteiger partial charge in [-0.25, -0.2) is 0 Å². The van der Waals surface area contributed by atoms with E-state index in [0.717, 1.165) is 11.8 Å². The summed E-state index contributed by atoms with van der Waals surface area (Å²) in [6.07, 6.45) is 2.64. The van der Waals surface area contributed by atoms with E-state index >= 15 is 0 Å². The van der Waals surface area contributed by atoms with Crippen molar-refractivity contribution < 1.29 is 0 Å². The summed E-state index contributed by atoms with van der Waals surface area (Å²) in [6.45, 7) is 14.2. The largest absolute Gasteiger partial charge is 0.313 e. The number of hydrogen-bond donors (Lipinski definition) is 1. The van der Waals surface area contributed by atoms with Gasteiger partial charge in [-0.1, -0.05) is 27.7 Å². The van der Waals surface area contributed by atoms with Crippen LogP contribution in [0.15, 0.2) is 0 Å². The smallest absolute Gasteiger partial charge is 0.00875 e. The van der Waals surface area contributed by atoms with E-state index < -0.39 is 0 Å². The average molecular weight is 212 g/mol. The van der Waals surface area contributed by atoms with Crippen molar-refractivity contribution in [3.05, 3.63) is 0 Å². The third kappa shape index (κ3) is 4.12. The van der Waals surface area contributed by atoms with E-state index in [2.05, 4.69) is 37.9 Å². The Morgan fingerprint density at radius 3 is 2.53 bits per heavy atom. The molecule has 0 aromatic carbocycles. The molecule has 1 N–H and O–H groups in total. The van der Waals surface area contributed by atoms with Crippen LogP contribution >= 0.6 is 0 Å². The lowest BCUT2D eigenvalue weighted by Gasteiger charge is -2.23. The van der Waals surface area contributed by atoms with Gasteiger partial charge in [-0.2, -0.15) is 0 Å². The number of nitrogens with one attached hydrogen (secondary N) is 1. The van der Waals surface area contributed by atoms with E-state index in [-0.39, 0.29) is 0 Å².